The highest BCUT2D eigenvalue weighted by Crippen LogP contribution is 2.22. The summed E-state index contributed by atoms with van der Waals surface area (Å²) >= 11 is 0. The number of aliphatic hydroxyl groups excluding tert-OH is 7. The summed E-state index contributed by atoms with van der Waals surface area (Å²) in [5.74, 6) is 0. The van der Waals surface area contributed by atoms with Gasteiger partial charge in [-0.25, -0.2) is 4.79 Å². The molecule has 8 unspecified atom stereocenters. The van der Waals surface area contributed by atoms with Gasteiger partial charge in [-0.2, -0.15) is 0 Å². The minimum absolute atomic E-state index is 0.218. The van der Waals surface area contributed by atoms with Crippen LogP contribution >= 0.6 is 0 Å². The van der Waals surface area contributed by atoms with Crippen molar-refractivity contribution in [3.05, 3.63) is 0 Å². The molecule has 1 fully saturated rings. The zero-order chi connectivity index (χ0) is 19.1. The Morgan fingerprint density at radius 2 is 1.48 bits per heavy atom. The quantitative estimate of drug-likeness (QED) is 0.218. The van der Waals surface area contributed by atoms with Crippen molar-refractivity contribution in [1.82, 2.24) is 5.32 Å². The van der Waals surface area contributed by atoms with Gasteiger partial charge in [-0.1, -0.05) is 0 Å². The summed E-state index contributed by atoms with van der Waals surface area (Å²) in [7, 11) is 0. The van der Waals surface area contributed by atoms with Gasteiger partial charge in [-0.15, -0.1) is 0 Å². The Bertz CT molecular complexity index is 414. The van der Waals surface area contributed by atoms with Gasteiger partial charge in [0.25, 0.3) is 0 Å². The Hall–Kier alpha value is -1.05. The minimum Gasteiger partial charge on any atom is -0.443 e. The molecule has 148 valence electrons. The number of carbonyl (C=O) groups excluding carboxylic acids is 1. The lowest BCUT2D eigenvalue weighted by Gasteiger charge is -2.36. The molecule has 0 heterocycles. The second-order valence-electron chi connectivity index (χ2n) is 6.16. The molecule has 1 aliphatic rings. The van der Waals surface area contributed by atoms with Crippen LogP contribution in [0.2, 0.25) is 0 Å². The largest absolute Gasteiger partial charge is 0.443 e. The first-order valence-corrected chi connectivity index (χ1v) is 8.10. The average Bonchev–Trinajstić information content (AvgIpc) is 2.57. The van der Waals surface area contributed by atoms with E-state index in [0.717, 1.165) is 0 Å². The van der Waals surface area contributed by atoms with E-state index in [-0.39, 0.29) is 13.0 Å². The first kappa shape index (κ1) is 22.0. The minimum atomic E-state index is -2.01. The van der Waals surface area contributed by atoms with Crippen molar-refractivity contribution in [2.45, 2.75) is 68.1 Å². The van der Waals surface area contributed by atoms with Crippen LogP contribution in [-0.2, 0) is 4.74 Å². The standard InChI is InChI=1S/C14H28N2O9/c15-2-1-3-16-14(24)25-8-5-6(17)4-7(18)9(19)11(21)13(23)12(22)10(8)20/h6-13,17-23H,1-5,15H2,(H,16,24). The molecule has 0 aromatic heterocycles. The van der Waals surface area contributed by atoms with E-state index >= 15 is 0 Å². The first-order chi connectivity index (χ1) is 11.7. The zero-order valence-corrected chi connectivity index (χ0v) is 13.7. The Morgan fingerprint density at radius 1 is 0.920 bits per heavy atom. The molecule has 10 N–H and O–H groups in total. The van der Waals surface area contributed by atoms with Crippen LogP contribution in [-0.4, -0.2) is 104 Å². The topological polar surface area (TPSA) is 206 Å². The third kappa shape index (κ3) is 6.31. The van der Waals surface area contributed by atoms with E-state index in [2.05, 4.69) is 5.32 Å². The van der Waals surface area contributed by atoms with Crippen LogP contribution in [0.1, 0.15) is 19.3 Å². The molecule has 0 radical (unpaired) electrons. The molecular weight excluding hydrogens is 340 g/mol. The molecule has 0 bridgehead atoms. The van der Waals surface area contributed by atoms with Gasteiger partial charge >= 0.3 is 6.09 Å². The fourth-order valence-corrected chi connectivity index (χ4v) is 2.57. The predicted octanol–water partition coefficient (Wildman–Crippen LogP) is -4.25. The molecule has 11 heteroatoms. The van der Waals surface area contributed by atoms with E-state index in [0.29, 0.717) is 13.0 Å². The second kappa shape index (κ2) is 10.2. The lowest BCUT2D eigenvalue weighted by Crippen LogP contribution is -2.57. The number of rotatable bonds is 4. The molecule has 0 aromatic rings. The summed E-state index contributed by atoms with van der Waals surface area (Å²) in [6, 6.07) is 0. The first-order valence-electron chi connectivity index (χ1n) is 8.10. The van der Waals surface area contributed by atoms with Crippen molar-refractivity contribution < 1.29 is 45.3 Å². The molecule has 1 aliphatic carbocycles. The van der Waals surface area contributed by atoms with Crippen molar-refractivity contribution in [3.8, 4) is 0 Å². The Morgan fingerprint density at radius 3 is 2.08 bits per heavy atom. The lowest BCUT2D eigenvalue weighted by molar-refractivity contribution is -0.179. The van der Waals surface area contributed by atoms with Crippen LogP contribution in [0, 0.1) is 0 Å². The van der Waals surface area contributed by atoms with Crippen LogP contribution in [0.4, 0.5) is 4.79 Å². The number of nitrogens with one attached hydrogen (secondary N) is 1. The molecule has 1 rings (SSSR count). The maximum absolute atomic E-state index is 11.7. The van der Waals surface area contributed by atoms with Gasteiger partial charge in [0.15, 0.2) is 0 Å². The zero-order valence-electron chi connectivity index (χ0n) is 13.7. The number of aliphatic hydroxyl groups is 7. The summed E-state index contributed by atoms with van der Waals surface area (Å²) in [6.07, 6.45) is -15.2. The Labute approximate surface area is 144 Å². The van der Waals surface area contributed by atoms with E-state index in [9.17, 15) is 40.5 Å². The van der Waals surface area contributed by atoms with E-state index in [1.807, 2.05) is 0 Å². The van der Waals surface area contributed by atoms with Gasteiger partial charge in [-0.3, -0.25) is 0 Å². The molecule has 1 saturated carbocycles. The number of hydrogen-bond donors (Lipinski definition) is 9. The molecule has 8 atom stereocenters. The molecule has 1 amide bonds. The van der Waals surface area contributed by atoms with Gasteiger partial charge in [0.1, 0.15) is 36.6 Å². The smallest absolute Gasteiger partial charge is 0.407 e. The van der Waals surface area contributed by atoms with Gasteiger partial charge in [0, 0.05) is 19.4 Å². The number of nitrogens with two attached hydrogens (primary N) is 1. The summed E-state index contributed by atoms with van der Waals surface area (Å²) < 4.78 is 4.97. The lowest BCUT2D eigenvalue weighted by atomic mass is 9.88. The van der Waals surface area contributed by atoms with Gasteiger partial charge in [0.2, 0.25) is 0 Å². The number of ether oxygens (including phenoxy) is 1. The SMILES string of the molecule is NCCCNC(=O)OC1CC(O)CC(O)C(O)C(O)C(O)C(O)C1O. The fourth-order valence-electron chi connectivity index (χ4n) is 2.57. The highest BCUT2D eigenvalue weighted by Gasteiger charge is 2.43. The van der Waals surface area contributed by atoms with Gasteiger partial charge in [-0.05, 0) is 13.0 Å². The number of amides is 1. The normalized spacial score (nSPS) is 40.3. The fraction of sp³-hybridized carbons (Fsp3) is 0.929. The Balaban J connectivity index is 2.86. The van der Waals surface area contributed by atoms with Gasteiger partial charge < -0.3 is 51.5 Å². The van der Waals surface area contributed by atoms with Crippen molar-refractivity contribution in [2.24, 2.45) is 5.73 Å². The van der Waals surface area contributed by atoms with Crippen LogP contribution in [0.5, 0.6) is 0 Å². The second-order valence-corrected chi connectivity index (χ2v) is 6.16. The predicted molar refractivity (Wildman–Crippen MR) is 83.2 cm³/mol. The number of alkyl carbamates (subject to hydrolysis) is 1. The average molecular weight is 368 g/mol. The van der Waals surface area contributed by atoms with Crippen molar-refractivity contribution >= 4 is 6.09 Å². The van der Waals surface area contributed by atoms with E-state index in [4.69, 9.17) is 10.5 Å². The van der Waals surface area contributed by atoms with Crippen LogP contribution in [0.3, 0.4) is 0 Å². The van der Waals surface area contributed by atoms with Gasteiger partial charge in [0.05, 0.1) is 12.2 Å². The molecule has 25 heavy (non-hydrogen) atoms. The third-order valence-electron chi connectivity index (χ3n) is 4.10. The summed E-state index contributed by atoms with van der Waals surface area (Å²) in [4.78, 5) is 11.7. The van der Waals surface area contributed by atoms with Crippen molar-refractivity contribution in [3.63, 3.8) is 0 Å². The molecule has 0 spiro atoms. The van der Waals surface area contributed by atoms with E-state index < -0.39 is 61.3 Å². The molecule has 0 saturated heterocycles. The summed E-state index contributed by atoms with van der Waals surface area (Å²) in [5, 5.41) is 71.5. The molecule has 0 aliphatic heterocycles. The van der Waals surface area contributed by atoms with E-state index in [1.165, 1.54) is 0 Å². The van der Waals surface area contributed by atoms with Crippen LogP contribution in [0.25, 0.3) is 0 Å². The summed E-state index contributed by atoms with van der Waals surface area (Å²) in [6.45, 7) is 0.559. The maximum Gasteiger partial charge on any atom is 0.407 e. The van der Waals surface area contributed by atoms with Crippen LogP contribution in [0.15, 0.2) is 0 Å². The molecular formula is C14H28N2O9. The van der Waals surface area contributed by atoms with Crippen molar-refractivity contribution in [2.75, 3.05) is 13.1 Å². The number of carbonyl (C=O) groups is 1. The highest BCUT2D eigenvalue weighted by atomic mass is 16.6. The number of hydrogen-bond acceptors (Lipinski definition) is 10. The highest BCUT2D eigenvalue weighted by molar-refractivity contribution is 5.67. The monoisotopic (exact) mass is 368 g/mol. The third-order valence-corrected chi connectivity index (χ3v) is 4.10. The van der Waals surface area contributed by atoms with E-state index in [1.54, 1.807) is 0 Å². The summed E-state index contributed by atoms with van der Waals surface area (Å²) in [5.41, 5.74) is 5.29. The van der Waals surface area contributed by atoms with Crippen molar-refractivity contribution in [1.29, 1.82) is 0 Å². The Kier molecular flexibility index (Phi) is 8.96. The maximum atomic E-state index is 11.7. The molecule has 0 aromatic carbocycles. The van der Waals surface area contributed by atoms with Crippen LogP contribution < -0.4 is 11.1 Å². The molecule has 11 nitrogen and oxygen atoms in total.